The van der Waals surface area contributed by atoms with Crippen molar-refractivity contribution >= 4 is 22.1 Å². The lowest BCUT2D eigenvalue weighted by molar-refractivity contribution is 1.28. The van der Waals surface area contributed by atoms with Gasteiger partial charge in [-0.3, -0.25) is 4.99 Å². The van der Waals surface area contributed by atoms with E-state index in [1.165, 1.54) is 5.57 Å². The second-order valence-corrected chi connectivity index (χ2v) is 2.01. The lowest BCUT2D eigenvalue weighted by atomic mass is 10.2. The van der Waals surface area contributed by atoms with Gasteiger partial charge in [0.05, 0.1) is 0 Å². The molecule has 0 spiro atoms. The second kappa shape index (κ2) is 2.82. The van der Waals surface area contributed by atoms with Crippen molar-refractivity contribution in [3.8, 4) is 0 Å². The quantitative estimate of drug-likeness (QED) is 0.531. The molecule has 2 heteroatoms. The third-order valence-corrected chi connectivity index (χ3v) is 1.51. The molecule has 0 aromatic heterocycles. The van der Waals surface area contributed by atoms with E-state index in [4.69, 9.17) is 0 Å². The number of aliphatic imine (C=N–C) groups is 1. The Kier molecular flexibility index (Phi) is 2.03. The van der Waals surface area contributed by atoms with E-state index >= 15 is 0 Å². The van der Waals surface area contributed by atoms with Crippen molar-refractivity contribution in [2.45, 2.75) is 6.42 Å². The molecule has 0 saturated carbocycles. The highest BCUT2D eigenvalue weighted by Crippen LogP contribution is 2.06. The van der Waals surface area contributed by atoms with E-state index in [2.05, 4.69) is 20.9 Å². The molecule has 0 N–H and O–H groups in total. The third-order valence-electron chi connectivity index (χ3n) is 0.926. The molecular formula is C6H6BrN. The number of hydrogen-bond donors (Lipinski definition) is 0. The molecule has 0 saturated heterocycles. The summed E-state index contributed by atoms with van der Waals surface area (Å²) in [6.07, 6.45) is 6.66. The summed E-state index contributed by atoms with van der Waals surface area (Å²) in [5, 5.41) is 0. The monoisotopic (exact) mass is 171 g/mol. The first-order valence-corrected chi connectivity index (χ1v) is 3.32. The predicted octanol–water partition coefficient (Wildman–Crippen LogP) is 2.25. The Hall–Kier alpha value is -0.370. The van der Waals surface area contributed by atoms with Crippen LogP contribution in [0.3, 0.4) is 0 Å². The molecule has 1 rings (SSSR count). The van der Waals surface area contributed by atoms with Gasteiger partial charge in [0.15, 0.2) is 0 Å². The summed E-state index contributed by atoms with van der Waals surface area (Å²) in [7, 11) is 0. The summed E-state index contributed by atoms with van der Waals surface area (Å²) in [5.74, 6) is 0. The standard InChI is InChI=1S/C6H6BrN/c7-4-6-2-1-3-8-5-6/h1,3-5H,2H2. The lowest BCUT2D eigenvalue weighted by Crippen LogP contribution is -1.83. The van der Waals surface area contributed by atoms with Gasteiger partial charge >= 0.3 is 0 Å². The first kappa shape index (κ1) is 5.76. The Balaban J connectivity index is 2.66. The van der Waals surface area contributed by atoms with Crippen molar-refractivity contribution in [3.63, 3.8) is 0 Å². The summed E-state index contributed by atoms with van der Waals surface area (Å²) in [4.78, 5) is 5.81. The maximum Gasteiger partial charge on any atom is 0.0308 e. The number of halogens is 1. The van der Waals surface area contributed by atoms with Crippen molar-refractivity contribution in [2.24, 2.45) is 4.99 Å². The second-order valence-electron chi connectivity index (χ2n) is 1.55. The van der Waals surface area contributed by atoms with Gasteiger partial charge in [-0.2, -0.15) is 0 Å². The van der Waals surface area contributed by atoms with Crippen molar-refractivity contribution in [1.82, 2.24) is 0 Å². The van der Waals surface area contributed by atoms with Crippen molar-refractivity contribution in [3.05, 3.63) is 22.8 Å². The Morgan fingerprint density at radius 3 is 3.00 bits per heavy atom. The van der Waals surface area contributed by atoms with Crippen molar-refractivity contribution in [1.29, 1.82) is 0 Å². The van der Waals surface area contributed by atoms with Gasteiger partial charge in [-0.1, -0.05) is 22.0 Å². The molecule has 0 atom stereocenters. The Labute approximate surface area is 56.9 Å². The maximum atomic E-state index is 3.93. The highest BCUT2D eigenvalue weighted by atomic mass is 79.9. The molecule has 0 amide bonds. The maximum absolute atomic E-state index is 3.93. The zero-order valence-corrected chi connectivity index (χ0v) is 5.93. The number of rotatable bonds is 0. The van der Waals surface area contributed by atoms with Gasteiger partial charge in [-0.15, -0.1) is 0 Å². The molecule has 0 aromatic rings. The van der Waals surface area contributed by atoms with Crippen LogP contribution in [-0.2, 0) is 0 Å². The molecule has 42 valence electrons. The largest absolute Gasteiger partial charge is 0.265 e. The van der Waals surface area contributed by atoms with E-state index in [0.29, 0.717) is 0 Å². The van der Waals surface area contributed by atoms with Gasteiger partial charge in [-0.05, 0) is 17.0 Å². The Morgan fingerprint density at radius 2 is 2.62 bits per heavy atom. The van der Waals surface area contributed by atoms with Gasteiger partial charge < -0.3 is 0 Å². The van der Waals surface area contributed by atoms with Crippen LogP contribution in [0.5, 0.6) is 0 Å². The van der Waals surface area contributed by atoms with E-state index in [1.54, 1.807) is 6.20 Å². The number of nitrogens with zero attached hydrogens (tertiary/aromatic N) is 1. The molecule has 0 fully saturated rings. The summed E-state index contributed by atoms with van der Waals surface area (Å²) in [5.41, 5.74) is 1.22. The molecule has 0 aromatic carbocycles. The zero-order valence-electron chi connectivity index (χ0n) is 4.34. The SMILES string of the molecule is BrC=C1C=NC=CC1. The molecule has 1 aliphatic heterocycles. The van der Waals surface area contributed by atoms with Crippen LogP contribution in [0.1, 0.15) is 6.42 Å². The highest BCUT2D eigenvalue weighted by molar-refractivity contribution is 9.11. The molecular weight excluding hydrogens is 166 g/mol. The van der Waals surface area contributed by atoms with E-state index in [9.17, 15) is 0 Å². The predicted molar refractivity (Wildman–Crippen MR) is 39.3 cm³/mol. The molecule has 0 bridgehead atoms. The van der Waals surface area contributed by atoms with Crippen LogP contribution in [0.15, 0.2) is 27.8 Å². The normalized spacial score (nSPS) is 22.4. The van der Waals surface area contributed by atoms with Crippen molar-refractivity contribution < 1.29 is 0 Å². The van der Waals surface area contributed by atoms with E-state index in [0.717, 1.165) is 6.42 Å². The van der Waals surface area contributed by atoms with Crippen LogP contribution in [0.25, 0.3) is 0 Å². The topological polar surface area (TPSA) is 12.4 Å². The fourth-order valence-electron chi connectivity index (χ4n) is 0.514. The molecule has 8 heavy (non-hydrogen) atoms. The summed E-state index contributed by atoms with van der Waals surface area (Å²) in [6.45, 7) is 0. The minimum Gasteiger partial charge on any atom is -0.265 e. The van der Waals surface area contributed by atoms with E-state index in [1.807, 2.05) is 17.3 Å². The Bertz CT molecular complexity index is 156. The van der Waals surface area contributed by atoms with Gasteiger partial charge in [0.25, 0.3) is 0 Å². The number of hydrogen-bond acceptors (Lipinski definition) is 1. The molecule has 0 radical (unpaired) electrons. The van der Waals surface area contributed by atoms with Gasteiger partial charge in [-0.25, -0.2) is 0 Å². The highest BCUT2D eigenvalue weighted by Gasteiger charge is 1.90. The molecule has 0 aliphatic carbocycles. The molecule has 1 aliphatic rings. The zero-order chi connectivity index (χ0) is 5.82. The van der Waals surface area contributed by atoms with Crippen LogP contribution in [0, 0.1) is 0 Å². The van der Waals surface area contributed by atoms with Crippen LogP contribution in [-0.4, -0.2) is 6.21 Å². The van der Waals surface area contributed by atoms with Gasteiger partial charge in [0, 0.05) is 12.4 Å². The van der Waals surface area contributed by atoms with Gasteiger partial charge in [0.1, 0.15) is 0 Å². The summed E-state index contributed by atoms with van der Waals surface area (Å²) in [6, 6.07) is 0. The average molecular weight is 172 g/mol. The first-order valence-electron chi connectivity index (χ1n) is 2.41. The van der Waals surface area contributed by atoms with Crippen LogP contribution in [0.2, 0.25) is 0 Å². The molecule has 1 nitrogen and oxygen atoms in total. The van der Waals surface area contributed by atoms with Gasteiger partial charge in [0.2, 0.25) is 0 Å². The fourth-order valence-corrected chi connectivity index (χ4v) is 0.819. The van der Waals surface area contributed by atoms with Crippen molar-refractivity contribution in [2.75, 3.05) is 0 Å². The minimum atomic E-state index is 0.995. The summed E-state index contributed by atoms with van der Waals surface area (Å²) < 4.78 is 0. The van der Waals surface area contributed by atoms with Crippen LogP contribution >= 0.6 is 15.9 Å². The van der Waals surface area contributed by atoms with E-state index in [-0.39, 0.29) is 0 Å². The molecule has 1 heterocycles. The minimum absolute atomic E-state index is 0.995. The molecule has 0 unspecified atom stereocenters. The smallest absolute Gasteiger partial charge is 0.0308 e. The number of allylic oxidation sites excluding steroid dienone is 2. The fraction of sp³-hybridized carbons (Fsp3) is 0.167. The first-order chi connectivity index (χ1) is 3.93. The lowest BCUT2D eigenvalue weighted by Gasteiger charge is -1.95. The van der Waals surface area contributed by atoms with Crippen LogP contribution in [0.4, 0.5) is 0 Å². The third kappa shape index (κ3) is 1.30. The average Bonchev–Trinajstić information content (AvgIpc) is 1.90. The summed E-state index contributed by atoms with van der Waals surface area (Å²) >= 11 is 3.22. The van der Waals surface area contributed by atoms with E-state index < -0.39 is 0 Å². The Morgan fingerprint density at radius 1 is 1.75 bits per heavy atom. The van der Waals surface area contributed by atoms with Crippen LogP contribution < -0.4 is 0 Å².